The number of ether oxygens (including phenoxy) is 2. The molecule has 0 bridgehead atoms. The molecule has 0 saturated carbocycles. The monoisotopic (exact) mass is 625 g/mol. The van der Waals surface area contributed by atoms with Crippen molar-refractivity contribution in [1.82, 2.24) is 19.7 Å². The lowest BCUT2D eigenvalue weighted by molar-refractivity contribution is -0.142. The van der Waals surface area contributed by atoms with E-state index in [0.29, 0.717) is 11.3 Å². The summed E-state index contributed by atoms with van der Waals surface area (Å²) < 4.78 is 57.4. The normalized spacial score (nSPS) is 11.6. The number of nitrogens with zero attached hydrogens (tertiary/aromatic N) is 5. The van der Waals surface area contributed by atoms with Crippen LogP contribution in [-0.4, -0.2) is 26.9 Å². The van der Waals surface area contributed by atoms with Gasteiger partial charge in [0.1, 0.15) is 5.75 Å². The van der Waals surface area contributed by atoms with Crippen molar-refractivity contribution < 1.29 is 27.2 Å². The molecule has 3 rings (SSSR count). The van der Waals surface area contributed by atoms with Crippen LogP contribution in [0.1, 0.15) is 22.5 Å². The molecule has 0 amide bonds. The number of methoxy groups -OCH3 is 1. The number of alkyl halides is 3. The molecule has 9 nitrogen and oxygen atoms in total. The molecule has 1 unspecified atom stereocenters. The highest BCUT2D eigenvalue weighted by Crippen LogP contribution is 2.35. The van der Waals surface area contributed by atoms with Crippen LogP contribution in [0.15, 0.2) is 35.4 Å². The average molecular weight is 626 g/mol. The zero-order valence-electron chi connectivity index (χ0n) is 17.1. The summed E-state index contributed by atoms with van der Waals surface area (Å²) in [6, 6.07) is 6.99. The van der Waals surface area contributed by atoms with Gasteiger partial charge < -0.3 is 14.0 Å². The number of nitriles is 1. The van der Waals surface area contributed by atoms with E-state index in [9.17, 15) is 18.0 Å². The first-order valence-corrected chi connectivity index (χ1v) is 13.5. The minimum Gasteiger partial charge on any atom is -0.480 e. The van der Waals surface area contributed by atoms with E-state index in [1.807, 2.05) is 28.1 Å². The van der Waals surface area contributed by atoms with Gasteiger partial charge in [-0.15, -0.1) is 10.2 Å². The summed E-state index contributed by atoms with van der Waals surface area (Å²) in [4.78, 5) is 16.4. The van der Waals surface area contributed by atoms with E-state index in [1.54, 1.807) is 6.07 Å². The van der Waals surface area contributed by atoms with Crippen molar-refractivity contribution in [3.05, 3.63) is 68.5 Å². The number of hydrogen-bond acceptors (Lipinski definition) is 8. The fraction of sp³-hybridized carbons (Fsp3) is 0.211. The Morgan fingerprint density at radius 1 is 1.26 bits per heavy atom. The molecule has 1 aromatic carbocycles. The lowest BCUT2D eigenvalue weighted by atomic mass is 10.2. The highest BCUT2D eigenvalue weighted by atomic mass is 127. The molecule has 0 spiro atoms. The average Bonchev–Trinajstić information content (AvgIpc) is 2.79. The predicted molar refractivity (Wildman–Crippen MR) is 125 cm³/mol. The van der Waals surface area contributed by atoms with Crippen LogP contribution in [0.4, 0.5) is 13.2 Å². The zero-order chi connectivity index (χ0) is 24.9. The van der Waals surface area contributed by atoms with Crippen LogP contribution in [0.3, 0.4) is 0 Å². The van der Waals surface area contributed by atoms with E-state index in [0.717, 1.165) is 17.0 Å². The number of hydrogen-bond donors (Lipinski definition) is 0. The molecule has 0 aliphatic rings. The maximum Gasteiger partial charge on any atom is 0.437 e. The van der Waals surface area contributed by atoms with Gasteiger partial charge in [-0.25, -0.2) is 4.98 Å². The Kier molecular flexibility index (Phi) is 8.64. The standard InChI is InChI=1S/C19H13ClF3IN5O4P/c1-31-17-11(4-13(27-28-17)8-32-34-24)7-29-9-26-16(19(21,22)23)15(18(29)30)33-14-3-10(6-25)2-12(20)5-14/h2-5,9,34H,7-8H2,1H3. The Morgan fingerprint density at radius 2 is 2.03 bits per heavy atom. The second kappa shape index (κ2) is 11.3. The summed E-state index contributed by atoms with van der Waals surface area (Å²) in [5, 5.41) is 17.0. The van der Waals surface area contributed by atoms with Gasteiger partial charge in [-0.2, -0.15) is 18.4 Å². The fourth-order valence-corrected chi connectivity index (χ4v) is 3.68. The molecule has 178 valence electrons. The minimum absolute atomic E-state index is 0.0368. The third-order valence-electron chi connectivity index (χ3n) is 4.18. The molecule has 2 heterocycles. The molecule has 1 atom stereocenters. The van der Waals surface area contributed by atoms with Gasteiger partial charge in [0.05, 0.1) is 50.4 Å². The Bertz CT molecular complexity index is 1300. The summed E-state index contributed by atoms with van der Waals surface area (Å²) in [6.07, 6.45) is -4.23. The molecule has 0 radical (unpaired) electrons. The van der Waals surface area contributed by atoms with E-state index in [-0.39, 0.29) is 41.8 Å². The summed E-state index contributed by atoms with van der Waals surface area (Å²) in [7, 11) is 1.34. The second-order valence-corrected chi connectivity index (χ2v) is 8.68. The molecule has 2 aromatic heterocycles. The molecular formula is C19H13ClF3IN5O4P. The van der Waals surface area contributed by atoms with E-state index in [2.05, 4.69) is 15.2 Å². The second-order valence-electron chi connectivity index (χ2n) is 6.48. The minimum atomic E-state index is -4.98. The van der Waals surface area contributed by atoms with Crippen LogP contribution < -0.4 is 15.0 Å². The highest BCUT2D eigenvalue weighted by molar-refractivity contribution is 14.2. The third-order valence-corrected chi connectivity index (χ3v) is 5.58. The molecule has 3 aromatic rings. The Balaban J connectivity index is 2.07. The van der Waals surface area contributed by atoms with E-state index in [1.165, 1.54) is 19.2 Å². The Labute approximate surface area is 210 Å². The van der Waals surface area contributed by atoms with E-state index < -0.39 is 23.2 Å². The first-order chi connectivity index (χ1) is 16.2. The largest absolute Gasteiger partial charge is 0.480 e. The highest BCUT2D eigenvalue weighted by Gasteiger charge is 2.39. The number of rotatable bonds is 8. The molecule has 15 heteroatoms. The van der Waals surface area contributed by atoms with Crippen molar-refractivity contribution in [3.8, 4) is 23.4 Å². The van der Waals surface area contributed by atoms with Crippen molar-refractivity contribution in [3.63, 3.8) is 0 Å². The van der Waals surface area contributed by atoms with Gasteiger partial charge in [0, 0.05) is 10.6 Å². The van der Waals surface area contributed by atoms with Crippen LogP contribution in [-0.2, 0) is 23.9 Å². The number of aromatic nitrogens is 4. The molecule has 0 aliphatic heterocycles. The van der Waals surface area contributed by atoms with Crippen molar-refractivity contribution in [1.29, 1.82) is 5.26 Å². The summed E-state index contributed by atoms with van der Waals surface area (Å²) in [6.45, 7) is 0.0875. The summed E-state index contributed by atoms with van der Waals surface area (Å²) >= 11 is 7.93. The molecular weight excluding hydrogens is 613 g/mol. The first kappa shape index (κ1) is 26.1. The van der Waals surface area contributed by atoms with Crippen molar-refractivity contribution in [2.75, 3.05) is 7.11 Å². The zero-order valence-corrected chi connectivity index (χ0v) is 21.0. The van der Waals surface area contributed by atoms with Gasteiger partial charge in [-0.1, -0.05) is 11.6 Å². The third kappa shape index (κ3) is 6.32. The van der Waals surface area contributed by atoms with Gasteiger partial charge >= 0.3 is 6.18 Å². The maximum atomic E-state index is 13.6. The van der Waals surface area contributed by atoms with Crippen LogP contribution in [0.25, 0.3) is 0 Å². The molecule has 34 heavy (non-hydrogen) atoms. The van der Waals surface area contributed by atoms with Crippen LogP contribution in [0.2, 0.25) is 5.02 Å². The SMILES string of the molecule is COc1nnc(COPI)cc1Cn1cnc(C(F)(F)F)c(Oc2cc(Cl)cc(C#N)c2)c1=O. The summed E-state index contributed by atoms with van der Waals surface area (Å²) in [5.41, 5.74) is -1.81. The van der Waals surface area contributed by atoms with E-state index in [4.69, 9.17) is 30.9 Å². The van der Waals surface area contributed by atoms with Gasteiger partial charge in [-0.3, -0.25) is 9.36 Å². The predicted octanol–water partition coefficient (Wildman–Crippen LogP) is 4.89. The Hall–Kier alpha value is -2.53. The van der Waals surface area contributed by atoms with Crippen LogP contribution in [0, 0.1) is 11.3 Å². The van der Waals surface area contributed by atoms with Crippen molar-refractivity contribution >= 4 is 40.1 Å². The van der Waals surface area contributed by atoms with Crippen molar-refractivity contribution in [2.45, 2.75) is 19.3 Å². The lowest BCUT2D eigenvalue weighted by Gasteiger charge is -2.15. The molecule has 0 saturated heterocycles. The molecule has 0 N–H and O–H groups in total. The topological polar surface area (TPSA) is 112 Å². The first-order valence-electron chi connectivity index (χ1n) is 9.08. The van der Waals surface area contributed by atoms with Crippen molar-refractivity contribution in [2.24, 2.45) is 0 Å². The maximum absolute atomic E-state index is 13.6. The number of halogens is 5. The quantitative estimate of drug-likeness (QED) is 0.257. The van der Waals surface area contributed by atoms with Gasteiger partial charge in [0.25, 0.3) is 5.56 Å². The Morgan fingerprint density at radius 3 is 2.68 bits per heavy atom. The van der Waals surface area contributed by atoms with E-state index >= 15 is 0 Å². The number of benzene rings is 1. The van der Waals surface area contributed by atoms with Crippen LogP contribution >= 0.6 is 40.1 Å². The summed E-state index contributed by atoms with van der Waals surface area (Å²) in [5.74, 6) is -1.23. The van der Waals surface area contributed by atoms with Gasteiger partial charge in [0.15, 0.2) is 5.69 Å². The van der Waals surface area contributed by atoms with Crippen LogP contribution in [0.5, 0.6) is 17.4 Å². The lowest BCUT2D eigenvalue weighted by Crippen LogP contribution is -2.27. The smallest absolute Gasteiger partial charge is 0.437 e. The molecule has 0 aliphatic carbocycles. The molecule has 0 fully saturated rings. The fourth-order valence-electron chi connectivity index (χ4n) is 2.79. The van der Waals surface area contributed by atoms with Gasteiger partial charge in [0.2, 0.25) is 11.6 Å². The van der Waals surface area contributed by atoms with Gasteiger partial charge in [-0.05, 0) is 46.3 Å².